The Morgan fingerprint density at radius 2 is 2.08 bits per heavy atom. The van der Waals surface area contributed by atoms with Gasteiger partial charge in [-0.1, -0.05) is 0 Å². The molecule has 0 spiro atoms. The average Bonchev–Trinajstić information content (AvgIpc) is 2.15. The first kappa shape index (κ1) is 9.85. The molecule has 0 aliphatic rings. The van der Waals surface area contributed by atoms with Crippen molar-refractivity contribution in [3.63, 3.8) is 0 Å². The van der Waals surface area contributed by atoms with Gasteiger partial charge in [0.1, 0.15) is 0 Å². The van der Waals surface area contributed by atoms with Crippen molar-refractivity contribution in [3.8, 4) is 0 Å². The van der Waals surface area contributed by atoms with Crippen molar-refractivity contribution in [2.45, 2.75) is 4.90 Å². The predicted molar refractivity (Wildman–Crippen MR) is 47.1 cm³/mol. The van der Waals surface area contributed by atoms with Crippen LogP contribution < -0.4 is 5.90 Å². The van der Waals surface area contributed by atoms with Crippen LogP contribution in [-0.2, 0) is 15.9 Å². The lowest BCUT2D eigenvalue weighted by molar-refractivity contribution is 0.338. The molecule has 1 aromatic carbocycles. The number of rotatable bonds is 3. The summed E-state index contributed by atoms with van der Waals surface area (Å²) in [6, 6.07) is 5.96. The molecule has 0 saturated heterocycles. The molecule has 0 amide bonds. The van der Waals surface area contributed by atoms with Crippen molar-refractivity contribution in [3.05, 3.63) is 24.3 Å². The van der Waals surface area contributed by atoms with Crippen molar-refractivity contribution < 1.29 is 13.6 Å². The molecule has 0 radical (unpaired) electrons. The van der Waals surface area contributed by atoms with Crippen molar-refractivity contribution in [2.75, 3.05) is 0 Å². The van der Waals surface area contributed by atoms with Crippen LogP contribution in [0.4, 0.5) is 5.69 Å². The zero-order valence-electron chi connectivity index (χ0n) is 6.54. The van der Waals surface area contributed by atoms with Crippen LogP contribution in [0.2, 0.25) is 0 Å². The van der Waals surface area contributed by atoms with Gasteiger partial charge in [-0.3, -0.25) is 4.21 Å². The normalized spacial score (nSPS) is 13.1. The van der Waals surface area contributed by atoms with Crippen molar-refractivity contribution in [1.29, 1.82) is 0 Å². The lowest BCUT2D eigenvalue weighted by Gasteiger charge is -2.03. The molecule has 1 aromatic rings. The largest absolute Gasteiger partial charge is 0.768 e. The number of aliphatic imine (C=N–C) groups is 1. The summed E-state index contributed by atoms with van der Waals surface area (Å²) in [5.74, 6) is 4.71. The molecule has 0 fully saturated rings. The van der Waals surface area contributed by atoms with Crippen LogP contribution in [0.5, 0.6) is 0 Å². The Morgan fingerprint density at radius 1 is 1.46 bits per heavy atom. The van der Waals surface area contributed by atoms with Crippen LogP contribution in [0, 0.1) is 0 Å². The molecule has 2 N–H and O–H groups in total. The van der Waals surface area contributed by atoms with Gasteiger partial charge in [0.15, 0.2) is 0 Å². The van der Waals surface area contributed by atoms with E-state index in [-0.39, 0.29) is 4.90 Å². The molecule has 0 aliphatic heterocycles. The predicted octanol–water partition coefficient (Wildman–Crippen LogP) is 0.475. The molecule has 1 rings (SSSR count). The second-order valence-electron chi connectivity index (χ2n) is 2.10. The summed E-state index contributed by atoms with van der Waals surface area (Å²) in [5, 5.41) is 0. The Hall–Kier alpha value is -1.24. The van der Waals surface area contributed by atoms with Gasteiger partial charge < -0.3 is 9.39 Å². The van der Waals surface area contributed by atoms with Crippen LogP contribution in [0.3, 0.4) is 0 Å². The first-order chi connectivity index (χ1) is 6.24. The van der Waals surface area contributed by atoms with E-state index < -0.39 is 11.1 Å². The maximum absolute atomic E-state index is 10.4. The molecule has 70 valence electrons. The van der Waals surface area contributed by atoms with Crippen LogP contribution in [0.25, 0.3) is 0 Å². The lowest BCUT2D eigenvalue weighted by Crippen LogP contribution is -1.93. The molecule has 13 heavy (non-hydrogen) atoms. The van der Waals surface area contributed by atoms with Crippen molar-refractivity contribution in [1.82, 2.24) is 0 Å². The minimum absolute atomic E-state index is 0.215. The minimum Gasteiger partial charge on any atom is -0.768 e. The van der Waals surface area contributed by atoms with Crippen LogP contribution in [-0.4, -0.2) is 15.2 Å². The van der Waals surface area contributed by atoms with Gasteiger partial charge in [-0.25, -0.2) is 4.99 Å². The molecule has 0 aromatic heterocycles. The lowest BCUT2D eigenvalue weighted by atomic mass is 10.3. The van der Waals surface area contributed by atoms with E-state index in [9.17, 15) is 8.76 Å². The zero-order chi connectivity index (χ0) is 9.68. The third-order valence-corrected chi connectivity index (χ3v) is 1.95. The van der Waals surface area contributed by atoms with Crippen LogP contribution in [0.1, 0.15) is 0 Å². The smallest absolute Gasteiger partial charge is 0.201 e. The number of hydrogen-bond donors (Lipinski definition) is 1. The highest BCUT2D eigenvalue weighted by Crippen LogP contribution is 2.13. The van der Waals surface area contributed by atoms with E-state index in [1.165, 1.54) is 12.1 Å². The highest BCUT2D eigenvalue weighted by atomic mass is 32.2. The second kappa shape index (κ2) is 4.70. The molecule has 0 aliphatic carbocycles. The molecule has 0 bridgehead atoms. The highest BCUT2D eigenvalue weighted by molar-refractivity contribution is 7.79. The summed E-state index contributed by atoms with van der Waals surface area (Å²) < 4.78 is 20.9. The summed E-state index contributed by atoms with van der Waals surface area (Å²) in [6.45, 7) is 0. The van der Waals surface area contributed by atoms with Crippen molar-refractivity contribution in [2.24, 2.45) is 10.9 Å². The van der Waals surface area contributed by atoms with E-state index >= 15 is 0 Å². The third kappa shape index (κ3) is 2.94. The zero-order valence-corrected chi connectivity index (χ0v) is 7.36. The number of nitrogens with zero attached hydrogens (tertiary/aromatic N) is 1. The standard InChI is InChI=1S/C7H8N2O3S/c8-12-5-9-6-1-3-7(4-2-6)13(10)11/h1-5H,8H2,(H,10,11)/p-1. The van der Waals surface area contributed by atoms with Gasteiger partial charge in [0, 0.05) is 4.90 Å². The molecule has 1 atom stereocenters. The number of benzene rings is 1. The van der Waals surface area contributed by atoms with Gasteiger partial charge in [-0.2, -0.15) is 5.90 Å². The van der Waals surface area contributed by atoms with Gasteiger partial charge in [0.25, 0.3) is 0 Å². The van der Waals surface area contributed by atoms with Crippen molar-refractivity contribution >= 4 is 23.2 Å². The SMILES string of the molecule is NOC=Nc1ccc(S(=O)[O-])cc1. The number of hydrogen-bond acceptors (Lipinski definition) is 5. The van der Waals surface area contributed by atoms with Crippen LogP contribution >= 0.6 is 0 Å². The monoisotopic (exact) mass is 199 g/mol. The van der Waals surface area contributed by atoms with Gasteiger partial charge in [-0.15, -0.1) is 0 Å². The Bertz CT molecular complexity index is 323. The summed E-state index contributed by atoms with van der Waals surface area (Å²) in [6.07, 6.45) is 1.06. The van der Waals surface area contributed by atoms with E-state index in [1.807, 2.05) is 0 Å². The van der Waals surface area contributed by atoms with Gasteiger partial charge in [0.2, 0.25) is 6.40 Å². The molecular formula is C7H7N2O3S-. The maximum Gasteiger partial charge on any atom is 0.201 e. The van der Waals surface area contributed by atoms with E-state index in [1.54, 1.807) is 12.1 Å². The summed E-state index contributed by atoms with van der Waals surface area (Å²) in [4.78, 5) is 8.08. The summed E-state index contributed by atoms with van der Waals surface area (Å²) in [7, 11) is 0. The van der Waals surface area contributed by atoms with E-state index in [4.69, 9.17) is 5.90 Å². The Morgan fingerprint density at radius 3 is 2.54 bits per heavy atom. The second-order valence-corrected chi connectivity index (χ2v) is 3.04. The molecular weight excluding hydrogens is 192 g/mol. The molecule has 6 heteroatoms. The van der Waals surface area contributed by atoms with Gasteiger partial charge in [0.05, 0.1) is 5.69 Å². The molecule has 0 heterocycles. The van der Waals surface area contributed by atoms with E-state index in [0.29, 0.717) is 5.69 Å². The quantitative estimate of drug-likeness (QED) is 0.332. The number of nitrogens with two attached hydrogens (primary N) is 1. The fraction of sp³-hybridized carbons (Fsp3) is 0. The average molecular weight is 199 g/mol. The Kier molecular flexibility index (Phi) is 3.56. The topological polar surface area (TPSA) is 87.7 Å². The highest BCUT2D eigenvalue weighted by Gasteiger charge is 1.91. The summed E-state index contributed by atoms with van der Waals surface area (Å²) >= 11 is -2.20. The molecule has 0 saturated carbocycles. The molecule has 1 unspecified atom stereocenters. The fourth-order valence-electron chi connectivity index (χ4n) is 0.735. The summed E-state index contributed by atoms with van der Waals surface area (Å²) in [5.41, 5.74) is 0.569. The first-order valence-corrected chi connectivity index (χ1v) is 4.39. The molecule has 5 nitrogen and oxygen atoms in total. The van der Waals surface area contributed by atoms with E-state index in [0.717, 1.165) is 6.40 Å². The Labute approximate surface area is 77.5 Å². The first-order valence-electron chi connectivity index (χ1n) is 3.31. The van der Waals surface area contributed by atoms with Gasteiger partial charge >= 0.3 is 0 Å². The maximum atomic E-state index is 10.4. The van der Waals surface area contributed by atoms with Crippen LogP contribution in [0.15, 0.2) is 34.2 Å². The van der Waals surface area contributed by atoms with E-state index in [2.05, 4.69) is 9.83 Å². The van der Waals surface area contributed by atoms with Gasteiger partial charge in [-0.05, 0) is 35.3 Å². The Balaban J connectivity index is 2.81. The third-order valence-electron chi connectivity index (χ3n) is 1.29. The fourth-order valence-corrected chi connectivity index (χ4v) is 1.09. The minimum atomic E-state index is -2.20.